The number of hydrogen-bond donors (Lipinski definition) is 2. The van der Waals surface area contributed by atoms with E-state index in [1.54, 1.807) is 12.4 Å². The van der Waals surface area contributed by atoms with Crippen LogP contribution >= 0.6 is 31.9 Å². The van der Waals surface area contributed by atoms with E-state index in [1.165, 1.54) is 0 Å². The Kier molecular flexibility index (Phi) is 15.3. The van der Waals surface area contributed by atoms with E-state index in [-0.39, 0.29) is 11.8 Å². The fraction of sp³-hybridized carbons (Fsp3) is 0.429. The first-order valence-corrected chi connectivity index (χ1v) is 14.5. The van der Waals surface area contributed by atoms with Crippen molar-refractivity contribution >= 4 is 56.1 Å². The highest BCUT2D eigenvalue weighted by Crippen LogP contribution is 2.22. The number of ether oxygens (including phenoxy) is 2. The number of nitrogens with one attached hydrogen (secondary N) is 2. The van der Waals surface area contributed by atoms with Crippen molar-refractivity contribution in [3.8, 4) is 11.5 Å². The zero-order chi connectivity index (χ0) is 27.6. The van der Waals surface area contributed by atoms with Gasteiger partial charge in [-0.1, -0.05) is 57.5 Å². The average molecular weight is 652 g/mol. The smallest absolute Gasteiger partial charge is 0.240 e. The zero-order valence-corrected chi connectivity index (χ0v) is 25.1. The van der Waals surface area contributed by atoms with Gasteiger partial charge in [-0.25, -0.2) is 10.9 Å². The summed E-state index contributed by atoms with van der Waals surface area (Å²) in [5.74, 6) is 1.22. The number of carbonyl (C=O) groups is 2. The van der Waals surface area contributed by atoms with E-state index < -0.39 is 0 Å². The highest BCUT2D eigenvalue weighted by atomic mass is 79.9. The van der Waals surface area contributed by atoms with Crippen LogP contribution in [0, 0.1) is 0 Å². The van der Waals surface area contributed by atoms with Gasteiger partial charge in [0.25, 0.3) is 0 Å². The molecule has 0 fully saturated rings. The third-order valence-electron chi connectivity index (χ3n) is 5.39. The molecule has 206 valence electrons. The summed E-state index contributed by atoms with van der Waals surface area (Å²) in [4.78, 5) is 24.1. The van der Waals surface area contributed by atoms with Gasteiger partial charge in [0, 0.05) is 32.9 Å². The molecule has 10 heteroatoms. The quantitative estimate of drug-likeness (QED) is 0.112. The summed E-state index contributed by atoms with van der Waals surface area (Å²) in [5, 5.41) is 8.11. The van der Waals surface area contributed by atoms with Crippen molar-refractivity contribution in [3.63, 3.8) is 0 Å². The first-order chi connectivity index (χ1) is 18.4. The van der Waals surface area contributed by atoms with Crippen molar-refractivity contribution in [1.29, 1.82) is 0 Å². The fourth-order valence-corrected chi connectivity index (χ4v) is 4.31. The maximum absolute atomic E-state index is 12.0. The second-order valence-electron chi connectivity index (χ2n) is 8.44. The van der Waals surface area contributed by atoms with Crippen LogP contribution in [-0.4, -0.2) is 37.5 Å². The number of amides is 2. The molecule has 0 aliphatic carbocycles. The third-order valence-corrected chi connectivity index (χ3v) is 6.37. The Morgan fingerprint density at radius 2 is 1.11 bits per heavy atom. The normalized spacial score (nSPS) is 11.2. The monoisotopic (exact) mass is 650 g/mol. The maximum Gasteiger partial charge on any atom is 0.240 e. The summed E-state index contributed by atoms with van der Waals surface area (Å²) < 4.78 is 13.0. The van der Waals surface area contributed by atoms with Crippen LogP contribution in [0.2, 0.25) is 0 Å². The molecule has 0 radical (unpaired) electrons. The van der Waals surface area contributed by atoms with Crippen molar-refractivity contribution in [2.45, 2.75) is 65.2 Å². The molecule has 0 saturated carbocycles. The lowest BCUT2D eigenvalue weighted by Gasteiger charge is -2.07. The molecule has 2 rings (SSSR count). The fourth-order valence-electron chi connectivity index (χ4n) is 3.55. The predicted molar refractivity (Wildman–Crippen MR) is 159 cm³/mol. The van der Waals surface area contributed by atoms with Crippen LogP contribution in [0.1, 0.15) is 76.3 Å². The molecule has 8 nitrogen and oxygen atoms in total. The van der Waals surface area contributed by atoms with Gasteiger partial charge < -0.3 is 9.47 Å². The van der Waals surface area contributed by atoms with Crippen LogP contribution in [0.15, 0.2) is 55.5 Å². The number of nitrogens with zero attached hydrogens (tertiary/aromatic N) is 2. The van der Waals surface area contributed by atoms with Crippen LogP contribution in [0.25, 0.3) is 0 Å². The highest BCUT2D eigenvalue weighted by Gasteiger charge is 2.05. The number of benzene rings is 2. The molecule has 0 saturated heterocycles. The second-order valence-corrected chi connectivity index (χ2v) is 10.3. The van der Waals surface area contributed by atoms with E-state index >= 15 is 0 Å². The number of unbranched alkanes of at least 4 members (excludes halogenated alkanes) is 5. The number of hydrazone groups is 2. The minimum absolute atomic E-state index is 0.109. The molecule has 0 heterocycles. The Balaban J connectivity index is 1.54. The van der Waals surface area contributed by atoms with Gasteiger partial charge >= 0.3 is 0 Å². The molecule has 2 amide bonds. The Morgan fingerprint density at radius 3 is 1.50 bits per heavy atom. The minimum Gasteiger partial charge on any atom is -0.493 e. The SMILES string of the molecule is CCOc1ccc(Br)cc1C=NNC(=O)CCCCCCCCC(=O)NN=Cc1cc(Br)ccc1OCC. The number of rotatable bonds is 17. The van der Waals surface area contributed by atoms with Crippen molar-refractivity contribution in [2.24, 2.45) is 10.2 Å². The summed E-state index contributed by atoms with van der Waals surface area (Å²) in [6, 6.07) is 11.3. The molecule has 2 aromatic rings. The maximum atomic E-state index is 12.0. The summed E-state index contributed by atoms with van der Waals surface area (Å²) in [7, 11) is 0. The molecule has 0 atom stereocenters. The summed E-state index contributed by atoms with van der Waals surface area (Å²) in [6.07, 6.45) is 9.61. The Hall–Kier alpha value is -2.72. The minimum atomic E-state index is -0.109. The second kappa shape index (κ2) is 18.5. The average Bonchev–Trinajstić information content (AvgIpc) is 2.89. The predicted octanol–water partition coefficient (Wildman–Crippen LogP) is 6.73. The number of halogens is 2. The van der Waals surface area contributed by atoms with Crippen molar-refractivity contribution in [3.05, 3.63) is 56.5 Å². The zero-order valence-electron chi connectivity index (χ0n) is 22.0. The van der Waals surface area contributed by atoms with Crippen LogP contribution in [0.4, 0.5) is 0 Å². The number of carbonyl (C=O) groups excluding carboxylic acids is 2. The molecular weight excluding hydrogens is 616 g/mol. The van der Waals surface area contributed by atoms with Crippen LogP contribution < -0.4 is 20.3 Å². The highest BCUT2D eigenvalue weighted by molar-refractivity contribution is 9.10. The lowest BCUT2D eigenvalue weighted by molar-refractivity contribution is -0.122. The van der Waals surface area contributed by atoms with Crippen LogP contribution in [0.3, 0.4) is 0 Å². The standard InChI is InChI=1S/C28H36Br2N4O4/c1-3-37-25-15-13-23(29)17-21(25)19-31-33-27(35)11-9-7-5-6-8-10-12-28(36)34-32-20-22-18-24(30)14-16-26(22)38-4-2/h13-20H,3-12H2,1-2H3,(H,33,35)(H,34,36). The van der Waals surface area contributed by atoms with Gasteiger partial charge in [-0.2, -0.15) is 10.2 Å². The molecule has 38 heavy (non-hydrogen) atoms. The van der Waals surface area contributed by atoms with Crippen LogP contribution in [-0.2, 0) is 9.59 Å². The van der Waals surface area contributed by atoms with Gasteiger partial charge in [0.1, 0.15) is 11.5 Å². The largest absolute Gasteiger partial charge is 0.493 e. The Morgan fingerprint density at radius 1 is 0.711 bits per heavy atom. The molecule has 0 unspecified atom stereocenters. The summed E-state index contributed by atoms with van der Waals surface area (Å²) >= 11 is 6.86. The van der Waals surface area contributed by atoms with Crippen molar-refractivity contribution in [2.75, 3.05) is 13.2 Å². The molecular formula is C28H36Br2N4O4. The van der Waals surface area contributed by atoms with E-state index in [2.05, 4.69) is 52.9 Å². The molecule has 0 aliphatic rings. The van der Waals surface area contributed by atoms with Gasteiger partial charge in [0.2, 0.25) is 11.8 Å². The molecule has 0 aromatic heterocycles. The first kappa shape index (κ1) is 31.5. The van der Waals surface area contributed by atoms with Gasteiger partial charge in [-0.3, -0.25) is 9.59 Å². The molecule has 0 bridgehead atoms. The van der Waals surface area contributed by atoms with Gasteiger partial charge in [0.15, 0.2) is 0 Å². The van der Waals surface area contributed by atoms with E-state index in [0.29, 0.717) is 26.1 Å². The summed E-state index contributed by atoms with van der Waals surface area (Å²) in [6.45, 7) is 4.95. The van der Waals surface area contributed by atoms with Gasteiger partial charge in [0.05, 0.1) is 25.6 Å². The van der Waals surface area contributed by atoms with Crippen molar-refractivity contribution in [1.82, 2.24) is 10.9 Å². The summed E-state index contributed by atoms with van der Waals surface area (Å²) in [5.41, 5.74) is 6.74. The van der Waals surface area contributed by atoms with E-state index in [0.717, 1.165) is 70.1 Å². The third kappa shape index (κ3) is 12.7. The Labute approximate surface area is 241 Å². The van der Waals surface area contributed by atoms with E-state index in [4.69, 9.17) is 9.47 Å². The van der Waals surface area contributed by atoms with Gasteiger partial charge in [-0.15, -0.1) is 0 Å². The molecule has 2 aromatic carbocycles. The van der Waals surface area contributed by atoms with E-state index in [9.17, 15) is 9.59 Å². The molecule has 0 aliphatic heterocycles. The lowest BCUT2D eigenvalue weighted by Crippen LogP contribution is -2.17. The Bertz CT molecular complexity index is 1010. The van der Waals surface area contributed by atoms with Gasteiger partial charge in [-0.05, 0) is 63.1 Å². The van der Waals surface area contributed by atoms with Crippen molar-refractivity contribution < 1.29 is 19.1 Å². The molecule has 2 N–H and O–H groups in total. The lowest BCUT2D eigenvalue weighted by atomic mass is 10.1. The first-order valence-electron chi connectivity index (χ1n) is 12.9. The number of hydrogen-bond acceptors (Lipinski definition) is 6. The molecule has 0 spiro atoms. The van der Waals surface area contributed by atoms with E-state index in [1.807, 2.05) is 50.2 Å². The van der Waals surface area contributed by atoms with Crippen LogP contribution in [0.5, 0.6) is 11.5 Å². The topological polar surface area (TPSA) is 101 Å².